The highest BCUT2D eigenvalue weighted by Gasteiger charge is 2.33. The molecule has 0 bridgehead atoms. The number of carbonyl (C=O) groups excluding carboxylic acids is 1. The summed E-state index contributed by atoms with van der Waals surface area (Å²) in [6.45, 7) is 5.96. The fourth-order valence-electron chi connectivity index (χ4n) is 3.79. The van der Waals surface area contributed by atoms with Crippen molar-refractivity contribution in [2.45, 2.75) is 26.8 Å². The van der Waals surface area contributed by atoms with Gasteiger partial charge in [-0.05, 0) is 50.1 Å². The third-order valence-electron chi connectivity index (χ3n) is 5.41. The molecule has 34 heavy (non-hydrogen) atoms. The molecule has 2 heterocycles. The second kappa shape index (κ2) is 9.94. The summed E-state index contributed by atoms with van der Waals surface area (Å²) in [5.74, 6) is 2.62. The molecule has 7 heteroatoms. The molecule has 4 rings (SSSR count). The molecular weight excluding hydrogens is 448 g/mol. The Morgan fingerprint density at radius 2 is 1.88 bits per heavy atom. The number of allylic oxidation sites excluding steroid dienone is 1. The zero-order valence-corrected chi connectivity index (χ0v) is 20.0. The molecule has 0 amide bonds. The Bertz CT molecular complexity index is 1470. The highest BCUT2D eigenvalue weighted by molar-refractivity contribution is 7.07. The molecule has 1 aliphatic heterocycles. The van der Waals surface area contributed by atoms with Gasteiger partial charge in [-0.2, -0.15) is 0 Å². The minimum absolute atomic E-state index is 0.194. The average Bonchev–Trinajstić information content (AvgIpc) is 3.12. The minimum atomic E-state index is -0.613. The third-order valence-corrected chi connectivity index (χ3v) is 6.39. The van der Waals surface area contributed by atoms with Crippen LogP contribution >= 0.6 is 11.3 Å². The van der Waals surface area contributed by atoms with Crippen molar-refractivity contribution in [3.8, 4) is 18.1 Å². The topological polar surface area (TPSA) is 69.9 Å². The number of carbonyl (C=O) groups is 1. The molecule has 3 aromatic rings. The average molecular weight is 473 g/mol. The zero-order chi connectivity index (χ0) is 24.2. The van der Waals surface area contributed by atoms with E-state index in [1.165, 1.54) is 11.3 Å². The second-order valence-corrected chi connectivity index (χ2v) is 8.78. The molecule has 6 nitrogen and oxygen atoms in total. The van der Waals surface area contributed by atoms with Gasteiger partial charge in [0, 0.05) is 0 Å². The van der Waals surface area contributed by atoms with Crippen LogP contribution in [0.5, 0.6) is 5.75 Å². The summed E-state index contributed by atoms with van der Waals surface area (Å²) in [4.78, 5) is 31.6. The number of aryl methyl sites for hydroxylation is 1. The van der Waals surface area contributed by atoms with Crippen LogP contribution < -0.4 is 19.6 Å². The van der Waals surface area contributed by atoms with Gasteiger partial charge < -0.3 is 9.47 Å². The van der Waals surface area contributed by atoms with Crippen LogP contribution in [0.15, 0.2) is 69.6 Å². The van der Waals surface area contributed by atoms with E-state index in [1.807, 2.05) is 49.4 Å². The van der Waals surface area contributed by atoms with Crippen molar-refractivity contribution in [2.75, 3.05) is 13.2 Å². The van der Waals surface area contributed by atoms with Crippen LogP contribution in [0.2, 0.25) is 0 Å². The van der Waals surface area contributed by atoms with Crippen LogP contribution in [0, 0.1) is 19.3 Å². The number of benzene rings is 2. The van der Waals surface area contributed by atoms with Crippen LogP contribution in [0.25, 0.3) is 6.08 Å². The van der Waals surface area contributed by atoms with Crippen LogP contribution in [0.1, 0.15) is 36.6 Å². The molecule has 0 saturated heterocycles. The third kappa shape index (κ3) is 4.59. The van der Waals surface area contributed by atoms with Crippen molar-refractivity contribution in [2.24, 2.45) is 4.99 Å². The number of hydrogen-bond donors (Lipinski definition) is 0. The van der Waals surface area contributed by atoms with E-state index in [0.29, 0.717) is 26.4 Å². The largest absolute Gasteiger partial charge is 0.481 e. The van der Waals surface area contributed by atoms with E-state index in [9.17, 15) is 9.59 Å². The van der Waals surface area contributed by atoms with Crippen LogP contribution in [0.3, 0.4) is 0 Å². The maximum atomic E-state index is 13.6. The second-order valence-electron chi connectivity index (χ2n) is 7.77. The number of terminal acetylenes is 1. The van der Waals surface area contributed by atoms with Crippen LogP contribution in [0.4, 0.5) is 0 Å². The van der Waals surface area contributed by atoms with Gasteiger partial charge in [0.05, 0.1) is 28.5 Å². The normalized spacial score (nSPS) is 15.4. The van der Waals surface area contributed by atoms with Crippen molar-refractivity contribution in [3.63, 3.8) is 0 Å². The summed E-state index contributed by atoms with van der Waals surface area (Å²) >= 11 is 1.29. The van der Waals surface area contributed by atoms with E-state index in [4.69, 9.17) is 15.9 Å². The van der Waals surface area contributed by atoms with Crippen molar-refractivity contribution >= 4 is 23.4 Å². The number of thiazole rings is 1. The number of fused-ring (bicyclic) bond motifs is 1. The Morgan fingerprint density at radius 1 is 1.18 bits per heavy atom. The first kappa shape index (κ1) is 23.3. The Kier molecular flexibility index (Phi) is 6.80. The fraction of sp³-hybridized carbons (Fsp3) is 0.222. The number of esters is 1. The minimum Gasteiger partial charge on any atom is -0.481 e. The van der Waals surface area contributed by atoms with E-state index in [2.05, 4.69) is 10.9 Å². The monoisotopic (exact) mass is 472 g/mol. The molecular formula is C27H24N2O4S. The molecule has 1 aromatic heterocycles. The molecule has 172 valence electrons. The predicted molar refractivity (Wildman–Crippen MR) is 132 cm³/mol. The molecule has 0 radical (unpaired) electrons. The molecule has 1 aliphatic rings. The van der Waals surface area contributed by atoms with E-state index in [-0.39, 0.29) is 18.8 Å². The lowest BCUT2D eigenvalue weighted by atomic mass is 9.95. The van der Waals surface area contributed by atoms with Gasteiger partial charge in [0.2, 0.25) is 0 Å². The van der Waals surface area contributed by atoms with Gasteiger partial charge in [-0.1, -0.05) is 59.2 Å². The number of rotatable bonds is 6. The number of hydrogen-bond acceptors (Lipinski definition) is 6. The Labute approximate surface area is 201 Å². The fourth-order valence-corrected chi connectivity index (χ4v) is 4.84. The van der Waals surface area contributed by atoms with Crippen molar-refractivity contribution in [1.29, 1.82) is 0 Å². The molecule has 0 N–H and O–H groups in total. The quantitative estimate of drug-likeness (QED) is 0.408. The first-order valence-corrected chi connectivity index (χ1v) is 11.7. The van der Waals surface area contributed by atoms with E-state index in [0.717, 1.165) is 16.7 Å². The summed E-state index contributed by atoms with van der Waals surface area (Å²) in [5, 5.41) is 0. The van der Waals surface area contributed by atoms with Gasteiger partial charge >= 0.3 is 5.97 Å². The maximum absolute atomic E-state index is 13.6. The lowest BCUT2D eigenvalue weighted by Gasteiger charge is -2.24. The first-order valence-electron chi connectivity index (χ1n) is 10.9. The Morgan fingerprint density at radius 3 is 2.53 bits per heavy atom. The van der Waals surface area contributed by atoms with E-state index in [1.54, 1.807) is 30.5 Å². The van der Waals surface area contributed by atoms with E-state index >= 15 is 0 Å². The SMILES string of the molecule is C#CCOc1ccc(/C=c2/sc3n(c2=O)[C@@H](c2ccc(C)cc2)C(C(=O)OCC)=C(C)N=3)cc1. The summed E-state index contributed by atoms with van der Waals surface area (Å²) < 4.78 is 12.8. The lowest BCUT2D eigenvalue weighted by molar-refractivity contribution is -0.139. The van der Waals surface area contributed by atoms with Crippen molar-refractivity contribution in [3.05, 3.63) is 96.2 Å². The molecule has 2 aromatic carbocycles. The summed E-state index contributed by atoms with van der Waals surface area (Å²) in [5.41, 5.74) is 3.46. The number of nitrogens with zero attached hydrogens (tertiary/aromatic N) is 2. The van der Waals surface area contributed by atoms with E-state index < -0.39 is 12.0 Å². The van der Waals surface area contributed by atoms with Gasteiger partial charge in [-0.15, -0.1) is 6.42 Å². The van der Waals surface area contributed by atoms with Gasteiger partial charge in [-0.25, -0.2) is 9.79 Å². The highest BCUT2D eigenvalue weighted by atomic mass is 32.1. The number of ether oxygens (including phenoxy) is 2. The van der Waals surface area contributed by atoms with Gasteiger partial charge in [-0.3, -0.25) is 9.36 Å². The Hall–Kier alpha value is -3.89. The van der Waals surface area contributed by atoms with Crippen LogP contribution in [-0.4, -0.2) is 23.8 Å². The zero-order valence-electron chi connectivity index (χ0n) is 19.2. The molecule has 0 unspecified atom stereocenters. The summed E-state index contributed by atoms with van der Waals surface area (Å²) in [6.07, 6.45) is 7.04. The van der Waals surface area contributed by atoms with Gasteiger partial charge in [0.25, 0.3) is 5.56 Å². The lowest BCUT2D eigenvalue weighted by Crippen LogP contribution is -2.39. The summed E-state index contributed by atoms with van der Waals surface area (Å²) in [7, 11) is 0. The van der Waals surface area contributed by atoms with Crippen molar-refractivity contribution < 1.29 is 14.3 Å². The predicted octanol–water partition coefficient (Wildman–Crippen LogP) is 3.12. The summed E-state index contributed by atoms with van der Waals surface area (Å²) in [6, 6.07) is 14.5. The van der Waals surface area contributed by atoms with Gasteiger partial charge in [0.15, 0.2) is 4.80 Å². The maximum Gasteiger partial charge on any atom is 0.338 e. The van der Waals surface area contributed by atoms with Gasteiger partial charge in [0.1, 0.15) is 12.4 Å². The first-order chi connectivity index (χ1) is 16.4. The van der Waals surface area contributed by atoms with Crippen molar-refractivity contribution in [1.82, 2.24) is 4.57 Å². The number of aromatic nitrogens is 1. The standard InChI is InChI=1S/C27H24N2O4S/c1-5-15-33-21-13-9-19(10-14-21)16-22-25(30)29-24(20-11-7-17(3)8-12-20)23(26(31)32-6-2)18(4)28-27(29)34-22/h1,7-14,16,24H,6,15H2,2-4H3/b22-16+/t24-/m0/s1. The molecule has 0 spiro atoms. The molecule has 0 fully saturated rings. The molecule has 0 saturated carbocycles. The molecule has 1 atom stereocenters. The Balaban J connectivity index is 1.84. The highest BCUT2D eigenvalue weighted by Crippen LogP contribution is 2.30. The van der Waals surface area contributed by atoms with Crippen LogP contribution in [-0.2, 0) is 9.53 Å². The molecule has 0 aliphatic carbocycles. The smallest absolute Gasteiger partial charge is 0.338 e.